The number of pyridine rings is 1. The van der Waals surface area contributed by atoms with E-state index in [9.17, 15) is 14.0 Å². The van der Waals surface area contributed by atoms with Gasteiger partial charge >= 0.3 is 0 Å². The van der Waals surface area contributed by atoms with Gasteiger partial charge in [0.25, 0.3) is 5.56 Å². The van der Waals surface area contributed by atoms with Crippen molar-refractivity contribution in [2.75, 3.05) is 19.5 Å². The standard InChI is InChI=1S/C24H22FN3O4/c1-31-20-11-19(12-21(13-20)32-2)26-22(29)15-28-9-7-17-6-8-27(23(17)24(28)30)14-16-4-3-5-18(25)10-16/h3-13H,14-15H2,1-2H3,(H,26,29). The van der Waals surface area contributed by atoms with Crippen LogP contribution in [-0.4, -0.2) is 29.3 Å². The Bertz CT molecular complexity index is 1320. The molecule has 2 aromatic heterocycles. The fourth-order valence-electron chi connectivity index (χ4n) is 3.57. The van der Waals surface area contributed by atoms with Gasteiger partial charge in [0, 0.05) is 48.2 Å². The Morgan fingerprint density at radius 3 is 2.31 bits per heavy atom. The molecule has 0 bridgehead atoms. The maximum absolute atomic E-state index is 13.5. The second-order valence-electron chi connectivity index (χ2n) is 7.28. The van der Waals surface area contributed by atoms with Gasteiger partial charge in [-0.2, -0.15) is 0 Å². The number of aromatic nitrogens is 2. The zero-order valence-electron chi connectivity index (χ0n) is 17.7. The second-order valence-corrected chi connectivity index (χ2v) is 7.28. The van der Waals surface area contributed by atoms with Crippen LogP contribution < -0.4 is 20.3 Å². The molecule has 0 aliphatic carbocycles. The predicted molar refractivity (Wildman–Crippen MR) is 120 cm³/mol. The molecule has 1 amide bonds. The zero-order chi connectivity index (χ0) is 22.7. The van der Waals surface area contributed by atoms with Gasteiger partial charge in [-0.1, -0.05) is 12.1 Å². The summed E-state index contributed by atoms with van der Waals surface area (Å²) in [6, 6.07) is 14.9. The molecule has 8 heteroatoms. The second kappa shape index (κ2) is 8.97. The number of fused-ring (bicyclic) bond motifs is 1. The normalized spacial score (nSPS) is 10.8. The number of hydrogen-bond donors (Lipinski definition) is 1. The van der Waals surface area contributed by atoms with Gasteiger partial charge in [0.05, 0.1) is 14.2 Å². The Balaban J connectivity index is 1.58. The monoisotopic (exact) mass is 435 g/mol. The third kappa shape index (κ3) is 4.49. The van der Waals surface area contributed by atoms with E-state index >= 15 is 0 Å². The van der Waals surface area contributed by atoms with Crippen LogP contribution in [0.5, 0.6) is 11.5 Å². The molecule has 0 atom stereocenters. The van der Waals surface area contributed by atoms with E-state index in [4.69, 9.17) is 9.47 Å². The fraction of sp³-hybridized carbons (Fsp3) is 0.167. The summed E-state index contributed by atoms with van der Waals surface area (Å²) < 4.78 is 27.1. The first-order valence-corrected chi connectivity index (χ1v) is 9.92. The Labute approximate surface area is 183 Å². The molecule has 0 unspecified atom stereocenters. The molecule has 0 fully saturated rings. The smallest absolute Gasteiger partial charge is 0.275 e. The number of carbonyl (C=O) groups is 1. The maximum Gasteiger partial charge on any atom is 0.275 e. The summed E-state index contributed by atoms with van der Waals surface area (Å²) in [5.74, 6) is 0.369. The molecule has 164 valence electrons. The third-order valence-electron chi connectivity index (χ3n) is 5.08. The predicted octanol–water partition coefficient (Wildman–Crippen LogP) is 3.65. The summed E-state index contributed by atoms with van der Waals surface area (Å²) in [6.45, 7) is 0.176. The number of halogens is 1. The van der Waals surface area contributed by atoms with Gasteiger partial charge < -0.3 is 23.9 Å². The molecular weight excluding hydrogens is 413 g/mol. The van der Waals surface area contributed by atoms with Gasteiger partial charge in [-0.3, -0.25) is 9.59 Å². The van der Waals surface area contributed by atoms with Crippen molar-refractivity contribution < 1.29 is 18.7 Å². The number of nitrogens with one attached hydrogen (secondary N) is 1. The molecule has 1 N–H and O–H groups in total. The van der Waals surface area contributed by atoms with Gasteiger partial charge in [0.1, 0.15) is 29.4 Å². The van der Waals surface area contributed by atoms with E-state index in [1.165, 1.54) is 30.9 Å². The number of benzene rings is 2. The molecule has 0 saturated heterocycles. The summed E-state index contributed by atoms with van der Waals surface area (Å²) in [7, 11) is 3.04. The summed E-state index contributed by atoms with van der Waals surface area (Å²) in [6.07, 6.45) is 3.37. The molecule has 4 aromatic rings. The first-order valence-electron chi connectivity index (χ1n) is 9.92. The Morgan fingerprint density at radius 1 is 0.969 bits per heavy atom. The zero-order valence-corrected chi connectivity index (χ0v) is 17.7. The van der Waals surface area contributed by atoms with Crippen molar-refractivity contribution in [3.8, 4) is 11.5 Å². The lowest BCUT2D eigenvalue weighted by molar-refractivity contribution is -0.116. The summed E-state index contributed by atoms with van der Waals surface area (Å²) in [4.78, 5) is 25.7. The summed E-state index contributed by atoms with van der Waals surface area (Å²) >= 11 is 0. The van der Waals surface area contributed by atoms with Crippen molar-refractivity contribution in [2.45, 2.75) is 13.1 Å². The number of rotatable bonds is 7. The number of anilines is 1. The molecule has 32 heavy (non-hydrogen) atoms. The minimum atomic E-state index is -0.370. The van der Waals surface area contributed by atoms with Crippen molar-refractivity contribution in [1.82, 2.24) is 9.13 Å². The Kier molecular flexibility index (Phi) is 5.93. The Hall–Kier alpha value is -4.07. The maximum atomic E-state index is 13.5. The number of carbonyl (C=O) groups excluding carboxylic acids is 1. The van der Waals surface area contributed by atoms with Crippen LogP contribution in [0.4, 0.5) is 10.1 Å². The number of methoxy groups -OCH3 is 2. The summed E-state index contributed by atoms with van der Waals surface area (Å²) in [5.41, 5.74) is 1.38. The molecular formula is C24H22FN3O4. The van der Waals surface area contributed by atoms with E-state index in [0.717, 1.165) is 10.9 Å². The van der Waals surface area contributed by atoms with Gasteiger partial charge in [-0.05, 0) is 29.8 Å². The number of ether oxygens (including phenoxy) is 2. The highest BCUT2D eigenvalue weighted by atomic mass is 19.1. The molecule has 2 aromatic carbocycles. The SMILES string of the molecule is COc1cc(NC(=O)Cn2ccc3ccn(Cc4cccc(F)c4)c3c2=O)cc(OC)c1. The highest BCUT2D eigenvalue weighted by Crippen LogP contribution is 2.25. The molecule has 0 saturated carbocycles. The number of amides is 1. The molecule has 0 aliphatic rings. The van der Waals surface area contributed by atoms with E-state index in [-0.39, 0.29) is 23.8 Å². The van der Waals surface area contributed by atoms with E-state index in [1.807, 2.05) is 6.07 Å². The number of nitrogens with zero attached hydrogens (tertiary/aromatic N) is 2. The molecule has 2 heterocycles. The van der Waals surface area contributed by atoms with E-state index in [1.54, 1.807) is 53.4 Å². The lowest BCUT2D eigenvalue weighted by Crippen LogP contribution is -2.28. The third-order valence-corrected chi connectivity index (χ3v) is 5.08. The average Bonchev–Trinajstić information content (AvgIpc) is 3.18. The summed E-state index contributed by atoms with van der Waals surface area (Å²) in [5, 5.41) is 3.51. The fourth-order valence-corrected chi connectivity index (χ4v) is 3.57. The first kappa shape index (κ1) is 21.2. The van der Waals surface area contributed by atoms with Gasteiger partial charge in [-0.25, -0.2) is 4.39 Å². The first-order chi connectivity index (χ1) is 15.5. The van der Waals surface area contributed by atoms with Crippen molar-refractivity contribution in [3.63, 3.8) is 0 Å². The van der Waals surface area contributed by atoms with Crippen molar-refractivity contribution in [2.24, 2.45) is 0 Å². The largest absolute Gasteiger partial charge is 0.497 e. The van der Waals surface area contributed by atoms with Crippen LogP contribution in [0.25, 0.3) is 10.9 Å². The van der Waals surface area contributed by atoms with Gasteiger partial charge in [0.2, 0.25) is 5.91 Å². The molecule has 7 nitrogen and oxygen atoms in total. The van der Waals surface area contributed by atoms with Crippen LogP contribution in [0.3, 0.4) is 0 Å². The van der Waals surface area contributed by atoms with Crippen LogP contribution in [0.1, 0.15) is 5.56 Å². The molecule has 4 rings (SSSR count). The average molecular weight is 435 g/mol. The minimum absolute atomic E-state index is 0.167. The van der Waals surface area contributed by atoms with Gasteiger partial charge in [0.15, 0.2) is 0 Å². The van der Waals surface area contributed by atoms with E-state index in [2.05, 4.69) is 5.32 Å². The van der Waals surface area contributed by atoms with Crippen LogP contribution in [0.2, 0.25) is 0 Å². The van der Waals surface area contributed by atoms with Crippen LogP contribution in [-0.2, 0) is 17.9 Å². The molecule has 0 spiro atoms. The quantitative estimate of drug-likeness (QED) is 0.481. The molecule has 0 radical (unpaired) electrons. The van der Waals surface area contributed by atoms with Crippen LogP contribution in [0.15, 0.2) is 71.8 Å². The minimum Gasteiger partial charge on any atom is -0.497 e. The lowest BCUT2D eigenvalue weighted by Gasteiger charge is -2.11. The Morgan fingerprint density at radius 2 is 1.66 bits per heavy atom. The van der Waals surface area contributed by atoms with Crippen molar-refractivity contribution in [3.05, 3.63) is 88.7 Å². The van der Waals surface area contributed by atoms with Crippen molar-refractivity contribution in [1.29, 1.82) is 0 Å². The highest BCUT2D eigenvalue weighted by Gasteiger charge is 2.12. The lowest BCUT2D eigenvalue weighted by atomic mass is 10.2. The molecule has 0 aliphatic heterocycles. The van der Waals surface area contributed by atoms with Gasteiger partial charge in [-0.15, -0.1) is 0 Å². The van der Waals surface area contributed by atoms with Crippen LogP contribution >= 0.6 is 0 Å². The number of hydrogen-bond acceptors (Lipinski definition) is 4. The topological polar surface area (TPSA) is 74.5 Å². The van der Waals surface area contributed by atoms with Crippen molar-refractivity contribution >= 4 is 22.5 Å². The van der Waals surface area contributed by atoms with E-state index in [0.29, 0.717) is 29.2 Å². The van der Waals surface area contributed by atoms with Crippen LogP contribution in [0, 0.1) is 5.82 Å². The highest BCUT2D eigenvalue weighted by molar-refractivity contribution is 5.91. The van der Waals surface area contributed by atoms with E-state index < -0.39 is 0 Å².